The van der Waals surface area contributed by atoms with Gasteiger partial charge in [0.25, 0.3) is 0 Å². The molecule has 2 N–H and O–H groups in total. The van der Waals surface area contributed by atoms with Crippen LogP contribution in [0, 0.1) is 0 Å². The second-order valence-electron chi connectivity index (χ2n) is 7.24. The molecule has 2 aromatic rings. The van der Waals surface area contributed by atoms with E-state index in [1.54, 1.807) is 0 Å². The Hall–Kier alpha value is -2.17. The normalized spacial score (nSPS) is 13.5. The molecule has 5 heteroatoms. The molecule has 0 atom stereocenters. The molecule has 0 bridgehead atoms. The second kappa shape index (κ2) is 10.4. The maximum absolute atomic E-state index is 12.5. The topological polar surface area (TPSA) is 58.2 Å². The molecule has 0 aliphatic carbocycles. The Balaban J connectivity index is 1.38. The summed E-state index contributed by atoms with van der Waals surface area (Å²) in [5, 5.41) is 7.01. The number of amides is 1. The summed E-state index contributed by atoms with van der Waals surface area (Å²) in [5.74, 6) is -0.0280. The Bertz CT molecular complexity index is 818. The molecule has 0 saturated carbocycles. The average Bonchev–Trinajstić information content (AvgIpc) is 2.95. The minimum absolute atomic E-state index is 0.0383. The zero-order chi connectivity index (χ0) is 19.8. The number of carbonyl (C=O) groups is 2. The Morgan fingerprint density at radius 2 is 1.71 bits per heavy atom. The van der Waals surface area contributed by atoms with Gasteiger partial charge in [0.2, 0.25) is 5.91 Å². The van der Waals surface area contributed by atoms with Crippen LogP contribution in [0.3, 0.4) is 0 Å². The van der Waals surface area contributed by atoms with Gasteiger partial charge >= 0.3 is 0 Å². The fraction of sp³-hybridized carbons (Fsp3) is 0.391. The molecule has 1 amide bonds. The average molecular weight is 399 g/mol. The van der Waals surface area contributed by atoms with Gasteiger partial charge in [-0.05, 0) is 73.7 Å². The maximum atomic E-state index is 12.5. The fourth-order valence-electron chi connectivity index (χ4n) is 3.48. The first-order valence-electron chi connectivity index (χ1n) is 9.99. The molecule has 0 saturated heterocycles. The van der Waals surface area contributed by atoms with E-state index in [9.17, 15) is 9.59 Å². The fourth-order valence-corrected chi connectivity index (χ4v) is 3.60. The lowest BCUT2D eigenvalue weighted by Gasteiger charge is -2.08. The quantitative estimate of drug-likeness (QED) is 0.526. The van der Waals surface area contributed by atoms with E-state index in [0.717, 1.165) is 49.4 Å². The number of nitrogens with one attached hydrogen (secondary N) is 2. The Kier molecular flexibility index (Phi) is 7.63. The van der Waals surface area contributed by atoms with Crippen LogP contribution in [-0.4, -0.2) is 31.3 Å². The Labute approximate surface area is 171 Å². The lowest BCUT2D eigenvalue weighted by Crippen LogP contribution is -2.25. The molecular weight excluding hydrogens is 372 g/mol. The Morgan fingerprint density at radius 3 is 2.50 bits per heavy atom. The van der Waals surface area contributed by atoms with Crippen molar-refractivity contribution < 1.29 is 9.59 Å². The molecule has 1 aliphatic heterocycles. The molecular formula is C23H27ClN2O2. The van der Waals surface area contributed by atoms with Crippen LogP contribution in [0.4, 0.5) is 0 Å². The van der Waals surface area contributed by atoms with Crippen molar-refractivity contribution in [3.8, 4) is 0 Å². The van der Waals surface area contributed by atoms with Gasteiger partial charge in [-0.15, -0.1) is 0 Å². The van der Waals surface area contributed by atoms with Crippen molar-refractivity contribution in [1.82, 2.24) is 10.6 Å². The van der Waals surface area contributed by atoms with Gasteiger partial charge in [-0.25, -0.2) is 0 Å². The molecule has 3 rings (SSSR count). The van der Waals surface area contributed by atoms with Gasteiger partial charge in [-0.2, -0.15) is 0 Å². The van der Waals surface area contributed by atoms with E-state index in [4.69, 9.17) is 11.6 Å². The van der Waals surface area contributed by atoms with Gasteiger partial charge in [-0.1, -0.05) is 35.9 Å². The largest absolute Gasteiger partial charge is 0.356 e. The van der Waals surface area contributed by atoms with E-state index >= 15 is 0 Å². The van der Waals surface area contributed by atoms with E-state index in [-0.39, 0.29) is 24.5 Å². The highest BCUT2D eigenvalue weighted by Crippen LogP contribution is 2.17. The second-order valence-corrected chi connectivity index (χ2v) is 7.67. The molecule has 148 valence electrons. The summed E-state index contributed by atoms with van der Waals surface area (Å²) in [6.45, 7) is 2.54. The number of ketones is 1. The predicted molar refractivity (Wildman–Crippen MR) is 113 cm³/mol. The van der Waals surface area contributed by atoms with Crippen LogP contribution >= 0.6 is 11.6 Å². The van der Waals surface area contributed by atoms with Crippen molar-refractivity contribution >= 4 is 23.3 Å². The minimum Gasteiger partial charge on any atom is -0.356 e. The third-order valence-electron chi connectivity index (χ3n) is 5.13. The van der Waals surface area contributed by atoms with E-state index in [2.05, 4.69) is 16.7 Å². The van der Waals surface area contributed by atoms with Gasteiger partial charge in [-0.3, -0.25) is 9.59 Å². The summed E-state index contributed by atoms with van der Waals surface area (Å²) in [4.78, 5) is 24.5. The highest BCUT2D eigenvalue weighted by Gasteiger charge is 2.13. The van der Waals surface area contributed by atoms with Crippen LogP contribution in [-0.2, 0) is 24.1 Å². The number of fused-ring (bicyclic) bond motifs is 1. The monoisotopic (exact) mass is 398 g/mol. The summed E-state index contributed by atoms with van der Waals surface area (Å²) in [6.07, 6.45) is 4.19. The van der Waals surface area contributed by atoms with Crippen molar-refractivity contribution in [2.45, 2.75) is 38.5 Å². The van der Waals surface area contributed by atoms with Crippen LogP contribution in [0.25, 0.3) is 0 Å². The molecule has 0 radical (unpaired) electrons. The zero-order valence-electron chi connectivity index (χ0n) is 16.1. The summed E-state index contributed by atoms with van der Waals surface area (Å²) < 4.78 is 0. The Morgan fingerprint density at radius 1 is 0.964 bits per heavy atom. The van der Waals surface area contributed by atoms with E-state index < -0.39 is 0 Å². The molecule has 0 spiro atoms. The number of halogens is 1. The van der Waals surface area contributed by atoms with Gasteiger partial charge in [0.05, 0.1) is 0 Å². The first-order valence-corrected chi connectivity index (χ1v) is 10.4. The predicted octanol–water partition coefficient (Wildman–Crippen LogP) is 3.74. The summed E-state index contributed by atoms with van der Waals surface area (Å²) >= 11 is 5.87. The van der Waals surface area contributed by atoms with Crippen molar-refractivity contribution in [2.24, 2.45) is 0 Å². The molecule has 0 unspecified atom stereocenters. The molecule has 1 heterocycles. The van der Waals surface area contributed by atoms with Crippen molar-refractivity contribution in [2.75, 3.05) is 19.6 Å². The number of benzene rings is 2. The number of aryl methyl sites for hydroxylation is 1. The van der Waals surface area contributed by atoms with Crippen molar-refractivity contribution in [1.29, 1.82) is 0 Å². The van der Waals surface area contributed by atoms with E-state index in [1.165, 1.54) is 16.7 Å². The van der Waals surface area contributed by atoms with Crippen molar-refractivity contribution in [3.05, 3.63) is 69.7 Å². The molecule has 0 fully saturated rings. The zero-order valence-corrected chi connectivity index (χ0v) is 16.9. The SMILES string of the molecule is O=C(CCC(=O)c1ccc2c(c1)CCNCC2)NCCCc1ccc(Cl)cc1. The minimum atomic E-state index is -0.0663. The van der Waals surface area contributed by atoms with Gasteiger partial charge < -0.3 is 10.6 Å². The van der Waals surface area contributed by atoms with Crippen molar-refractivity contribution in [3.63, 3.8) is 0 Å². The van der Waals surface area contributed by atoms with E-state index in [0.29, 0.717) is 6.54 Å². The summed E-state index contributed by atoms with van der Waals surface area (Å²) in [7, 11) is 0. The molecule has 4 nitrogen and oxygen atoms in total. The third-order valence-corrected chi connectivity index (χ3v) is 5.38. The summed E-state index contributed by atoms with van der Waals surface area (Å²) in [6, 6.07) is 13.7. The number of hydrogen-bond acceptors (Lipinski definition) is 3. The molecule has 2 aromatic carbocycles. The lowest BCUT2D eigenvalue weighted by molar-refractivity contribution is -0.121. The maximum Gasteiger partial charge on any atom is 0.220 e. The number of hydrogen-bond donors (Lipinski definition) is 2. The van der Waals surface area contributed by atoms with Crippen LogP contribution in [0.1, 0.15) is 46.3 Å². The van der Waals surface area contributed by atoms with Crippen LogP contribution < -0.4 is 10.6 Å². The standard InChI is InChI=1S/C23H27ClN2O2/c24-21-7-3-17(4-8-21)2-1-13-26-23(28)10-9-22(27)20-6-5-18-11-14-25-15-12-19(18)16-20/h3-8,16,25H,1-2,9-15H2,(H,26,28). The number of Topliss-reactive ketones (excluding diaryl/α,β-unsaturated/α-hetero) is 1. The molecule has 1 aliphatic rings. The van der Waals surface area contributed by atoms with Gasteiger partial charge in [0.15, 0.2) is 5.78 Å². The number of rotatable bonds is 8. The molecule has 0 aromatic heterocycles. The summed E-state index contributed by atoms with van der Waals surface area (Å²) in [5.41, 5.74) is 4.49. The number of carbonyl (C=O) groups excluding carboxylic acids is 2. The third kappa shape index (κ3) is 6.18. The van der Waals surface area contributed by atoms with E-state index in [1.807, 2.05) is 36.4 Å². The van der Waals surface area contributed by atoms with Crippen LogP contribution in [0.15, 0.2) is 42.5 Å². The van der Waals surface area contributed by atoms with Gasteiger partial charge in [0.1, 0.15) is 0 Å². The highest BCUT2D eigenvalue weighted by molar-refractivity contribution is 6.30. The first-order chi connectivity index (χ1) is 13.6. The van der Waals surface area contributed by atoms with Crippen LogP contribution in [0.5, 0.6) is 0 Å². The van der Waals surface area contributed by atoms with Gasteiger partial charge in [0, 0.05) is 30.0 Å². The van der Waals surface area contributed by atoms with Crippen LogP contribution in [0.2, 0.25) is 5.02 Å². The molecule has 28 heavy (non-hydrogen) atoms. The highest BCUT2D eigenvalue weighted by atomic mass is 35.5. The first kappa shape index (κ1) is 20.6. The smallest absolute Gasteiger partial charge is 0.220 e. The lowest BCUT2D eigenvalue weighted by atomic mass is 9.97.